The number of ether oxygens (including phenoxy) is 1. The summed E-state index contributed by atoms with van der Waals surface area (Å²) in [4.78, 5) is 11.8. The second kappa shape index (κ2) is 11.9. The van der Waals surface area contributed by atoms with E-state index in [9.17, 15) is 4.79 Å². The average molecular weight is 244 g/mol. The van der Waals surface area contributed by atoms with Gasteiger partial charge in [-0.1, -0.05) is 26.7 Å². The van der Waals surface area contributed by atoms with E-state index in [2.05, 4.69) is 24.5 Å². The van der Waals surface area contributed by atoms with E-state index in [-0.39, 0.29) is 11.8 Å². The fourth-order valence-corrected chi connectivity index (χ4v) is 1.82. The molecule has 102 valence electrons. The van der Waals surface area contributed by atoms with Crippen LogP contribution >= 0.6 is 0 Å². The van der Waals surface area contributed by atoms with Gasteiger partial charge in [0.2, 0.25) is 5.91 Å². The van der Waals surface area contributed by atoms with Crippen molar-refractivity contribution in [3.63, 3.8) is 0 Å². The normalized spacial score (nSPS) is 10.8. The quantitative estimate of drug-likeness (QED) is 0.542. The number of rotatable bonds is 11. The standard InChI is InChI=1S/C13H28N2O2/c1-4-6-12(7-5-2)13(16)15-9-8-14-10-11-17-3/h12,14H,4-11H2,1-3H3,(H,15,16). The van der Waals surface area contributed by atoms with Gasteiger partial charge in [-0.3, -0.25) is 4.79 Å². The summed E-state index contributed by atoms with van der Waals surface area (Å²) in [7, 11) is 1.68. The second-order valence-corrected chi connectivity index (χ2v) is 4.31. The Morgan fingerprint density at radius 2 is 1.76 bits per heavy atom. The lowest BCUT2D eigenvalue weighted by Gasteiger charge is -2.15. The van der Waals surface area contributed by atoms with Gasteiger partial charge in [-0.05, 0) is 12.8 Å². The molecule has 0 saturated carbocycles. The molecule has 0 unspecified atom stereocenters. The van der Waals surface area contributed by atoms with E-state index in [1.165, 1.54) is 0 Å². The van der Waals surface area contributed by atoms with Crippen LogP contribution in [0, 0.1) is 5.92 Å². The van der Waals surface area contributed by atoms with Crippen LogP contribution in [0.3, 0.4) is 0 Å². The van der Waals surface area contributed by atoms with Crippen LogP contribution in [0.1, 0.15) is 39.5 Å². The minimum absolute atomic E-state index is 0.198. The second-order valence-electron chi connectivity index (χ2n) is 4.31. The number of hydrogen-bond acceptors (Lipinski definition) is 3. The predicted molar refractivity (Wildman–Crippen MR) is 71.1 cm³/mol. The summed E-state index contributed by atoms with van der Waals surface area (Å²) in [5.41, 5.74) is 0. The van der Waals surface area contributed by atoms with E-state index in [0.29, 0.717) is 13.2 Å². The molecule has 0 aliphatic heterocycles. The monoisotopic (exact) mass is 244 g/mol. The van der Waals surface area contributed by atoms with Crippen molar-refractivity contribution in [2.45, 2.75) is 39.5 Å². The van der Waals surface area contributed by atoms with Crippen molar-refractivity contribution in [3.05, 3.63) is 0 Å². The molecular formula is C13H28N2O2. The fraction of sp³-hybridized carbons (Fsp3) is 0.923. The molecule has 17 heavy (non-hydrogen) atoms. The summed E-state index contributed by atoms with van der Waals surface area (Å²) >= 11 is 0. The molecule has 0 rings (SSSR count). The lowest BCUT2D eigenvalue weighted by Crippen LogP contribution is -2.36. The fourth-order valence-electron chi connectivity index (χ4n) is 1.82. The largest absolute Gasteiger partial charge is 0.383 e. The number of carbonyl (C=O) groups is 1. The van der Waals surface area contributed by atoms with E-state index in [4.69, 9.17) is 4.74 Å². The van der Waals surface area contributed by atoms with Crippen molar-refractivity contribution in [3.8, 4) is 0 Å². The van der Waals surface area contributed by atoms with Crippen molar-refractivity contribution in [1.82, 2.24) is 10.6 Å². The van der Waals surface area contributed by atoms with Crippen molar-refractivity contribution >= 4 is 5.91 Å². The molecule has 0 aromatic heterocycles. The molecule has 2 N–H and O–H groups in total. The van der Waals surface area contributed by atoms with E-state index < -0.39 is 0 Å². The van der Waals surface area contributed by atoms with Crippen molar-refractivity contribution < 1.29 is 9.53 Å². The molecule has 0 atom stereocenters. The van der Waals surface area contributed by atoms with Gasteiger partial charge in [-0.15, -0.1) is 0 Å². The van der Waals surface area contributed by atoms with Crippen LogP contribution in [0.2, 0.25) is 0 Å². The zero-order valence-corrected chi connectivity index (χ0v) is 11.6. The van der Waals surface area contributed by atoms with Gasteiger partial charge in [-0.2, -0.15) is 0 Å². The molecule has 0 bridgehead atoms. The Kier molecular flexibility index (Phi) is 11.4. The SMILES string of the molecule is CCCC(CCC)C(=O)NCCNCCOC. The van der Waals surface area contributed by atoms with Gasteiger partial charge in [0.05, 0.1) is 6.61 Å². The molecule has 0 radical (unpaired) electrons. The third-order valence-electron chi connectivity index (χ3n) is 2.73. The highest BCUT2D eigenvalue weighted by Gasteiger charge is 2.15. The molecule has 0 heterocycles. The highest BCUT2D eigenvalue weighted by molar-refractivity contribution is 5.78. The lowest BCUT2D eigenvalue weighted by molar-refractivity contribution is -0.125. The maximum atomic E-state index is 11.8. The number of methoxy groups -OCH3 is 1. The van der Waals surface area contributed by atoms with Crippen LogP contribution in [0.25, 0.3) is 0 Å². The Bertz CT molecular complexity index is 180. The highest BCUT2D eigenvalue weighted by Crippen LogP contribution is 2.13. The number of carbonyl (C=O) groups excluding carboxylic acids is 1. The first-order valence-corrected chi connectivity index (χ1v) is 6.73. The predicted octanol–water partition coefficient (Wildman–Crippen LogP) is 1.55. The van der Waals surface area contributed by atoms with Crippen LogP contribution in [-0.2, 0) is 9.53 Å². The van der Waals surface area contributed by atoms with Gasteiger partial charge in [0, 0.05) is 32.7 Å². The maximum absolute atomic E-state index is 11.8. The molecule has 0 saturated heterocycles. The Labute approximate surface area is 105 Å². The first-order chi connectivity index (χ1) is 8.26. The van der Waals surface area contributed by atoms with E-state index in [1.54, 1.807) is 7.11 Å². The van der Waals surface area contributed by atoms with Crippen LogP contribution in [0.15, 0.2) is 0 Å². The molecule has 0 aliphatic rings. The Morgan fingerprint density at radius 1 is 1.12 bits per heavy atom. The van der Waals surface area contributed by atoms with Gasteiger partial charge in [0.1, 0.15) is 0 Å². The smallest absolute Gasteiger partial charge is 0.223 e. The van der Waals surface area contributed by atoms with Gasteiger partial charge >= 0.3 is 0 Å². The minimum atomic E-state index is 0.198. The maximum Gasteiger partial charge on any atom is 0.223 e. The van der Waals surface area contributed by atoms with Gasteiger partial charge in [0.15, 0.2) is 0 Å². The van der Waals surface area contributed by atoms with Gasteiger partial charge < -0.3 is 15.4 Å². The van der Waals surface area contributed by atoms with Gasteiger partial charge in [0.25, 0.3) is 0 Å². The van der Waals surface area contributed by atoms with Crippen LogP contribution in [0.5, 0.6) is 0 Å². The average Bonchev–Trinajstić information content (AvgIpc) is 2.33. The molecule has 4 heteroatoms. The summed E-state index contributed by atoms with van der Waals surface area (Å²) in [6.45, 7) is 7.30. The Balaban J connectivity index is 3.59. The summed E-state index contributed by atoms with van der Waals surface area (Å²) in [5, 5.41) is 6.19. The van der Waals surface area contributed by atoms with Crippen LogP contribution in [0.4, 0.5) is 0 Å². The van der Waals surface area contributed by atoms with Crippen molar-refractivity contribution in [1.29, 1.82) is 0 Å². The molecule has 0 fully saturated rings. The van der Waals surface area contributed by atoms with Crippen LogP contribution < -0.4 is 10.6 Å². The molecule has 1 amide bonds. The number of hydrogen-bond donors (Lipinski definition) is 2. The topological polar surface area (TPSA) is 50.4 Å². The first kappa shape index (κ1) is 16.4. The number of amides is 1. The summed E-state index contributed by atoms with van der Waals surface area (Å²) < 4.78 is 4.92. The lowest BCUT2D eigenvalue weighted by atomic mass is 9.97. The molecule has 4 nitrogen and oxygen atoms in total. The third-order valence-corrected chi connectivity index (χ3v) is 2.73. The van der Waals surface area contributed by atoms with Gasteiger partial charge in [-0.25, -0.2) is 0 Å². The highest BCUT2D eigenvalue weighted by atomic mass is 16.5. The molecule has 0 aliphatic carbocycles. The van der Waals surface area contributed by atoms with E-state index >= 15 is 0 Å². The number of nitrogens with one attached hydrogen (secondary N) is 2. The first-order valence-electron chi connectivity index (χ1n) is 6.73. The zero-order valence-electron chi connectivity index (χ0n) is 11.6. The van der Waals surface area contributed by atoms with E-state index in [1.807, 2.05) is 0 Å². The summed E-state index contributed by atoms with van der Waals surface area (Å²) in [6, 6.07) is 0. The van der Waals surface area contributed by atoms with Crippen molar-refractivity contribution in [2.24, 2.45) is 5.92 Å². The van der Waals surface area contributed by atoms with E-state index in [0.717, 1.165) is 38.8 Å². The molecular weight excluding hydrogens is 216 g/mol. The molecule has 0 aromatic rings. The minimum Gasteiger partial charge on any atom is -0.383 e. The summed E-state index contributed by atoms with van der Waals surface area (Å²) in [5.74, 6) is 0.409. The molecule has 0 spiro atoms. The van der Waals surface area contributed by atoms with Crippen LogP contribution in [-0.4, -0.2) is 39.3 Å². The Morgan fingerprint density at radius 3 is 2.29 bits per heavy atom. The Hall–Kier alpha value is -0.610. The van der Waals surface area contributed by atoms with Crippen molar-refractivity contribution in [2.75, 3.05) is 33.4 Å². The third kappa shape index (κ3) is 9.12. The summed E-state index contributed by atoms with van der Waals surface area (Å²) in [6.07, 6.45) is 4.14. The molecule has 0 aromatic carbocycles. The zero-order chi connectivity index (χ0) is 12.9.